The molecule has 0 spiro atoms. The summed E-state index contributed by atoms with van der Waals surface area (Å²) in [5, 5.41) is 10.8. The van der Waals surface area contributed by atoms with Crippen molar-refractivity contribution in [3.05, 3.63) is 46.8 Å². The average molecular weight is 782 g/mol. The van der Waals surface area contributed by atoms with Crippen molar-refractivity contribution in [2.24, 2.45) is 17.8 Å². The zero-order valence-corrected chi connectivity index (χ0v) is 33.0. The third kappa shape index (κ3) is 7.85. The maximum Gasteiger partial charge on any atom is 0.311 e. The number of fused-ring (bicyclic) bond motifs is 3. The van der Waals surface area contributed by atoms with Gasteiger partial charge in [-0.1, -0.05) is 38.1 Å². The van der Waals surface area contributed by atoms with Gasteiger partial charge in [0.2, 0.25) is 27.7 Å². The van der Waals surface area contributed by atoms with Gasteiger partial charge in [-0.3, -0.25) is 33.5 Å². The fourth-order valence-electron chi connectivity index (χ4n) is 7.67. The van der Waals surface area contributed by atoms with Gasteiger partial charge in [0.1, 0.15) is 23.7 Å². The fourth-order valence-corrected chi connectivity index (χ4v) is 8.98. The fraction of sp³-hybridized carbons (Fsp3) is 0.605. The number of carbonyl (C=O) groups is 5. The molecule has 2 aliphatic carbocycles. The molecule has 298 valence electrons. The van der Waals surface area contributed by atoms with Gasteiger partial charge in [-0.15, -0.1) is 5.10 Å². The molecule has 1 saturated heterocycles. The molecule has 3 N–H and O–H groups in total. The molecule has 3 heterocycles. The standard InChI is InChI=1S/C38H51N7O9S/c1-7-45-33(48)27-15-11-10-14-26(27)32(41-45)54-25-19-28-30(46)40-38(36(51)42-55(52,53)37(4)16-17-37)20-24(38)13-9-8-12-22(2)18-23(3)29(34(49)44(28)21-25)39-31(47)35(50)43(5)6/h9-11,13-15,22-25,28-29H,7-8,12,16-21H2,1-6H3,(H,39,47)(H,40,46)(H,42,51)/t22-,23-,24-,25-,28+,29+,38-/m1/s1. The largest absolute Gasteiger partial charge is 0.471 e. The summed E-state index contributed by atoms with van der Waals surface area (Å²) in [6.07, 6.45) is 5.67. The van der Waals surface area contributed by atoms with Crippen molar-refractivity contribution in [1.82, 2.24) is 34.9 Å². The van der Waals surface area contributed by atoms with Crippen LogP contribution in [-0.2, 0) is 40.5 Å². The molecule has 17 heteroatoms. The molecule has 0 unspecified atom stereocenters. The lowest BCUT2D eigenvalue weighted by Crippen LogP contribution is -2.60. The van der Waals surface area contributed by atoms with Gasteiger partial charge < -0.3 is 25.2 Å². The highest BCUT2D eigenvalue weighted by Gasteiger charge is 2.63. The van der Waals surface area contributed by atoms with Crippen molar-refractivity contribution in [3.63, 3.8) is 0 Å². The normalized spacial score (nSPS) is 29.2. The highest BCUT2D eigenvalue weighted by molar-refractivity contribution is 7.91. The second kappa shape index (κ2) is 15.0. The third-order valence-electron chi connectivity index (χ3n) is 11.5. The number of nitrogens with one attached hydrogen (secondary N) is 3. The SMILES string of the molecule is CCn1nc(O[C@@H]2C[C@H]3C(=O)N[C@]4(C(=O)NS(=O)(=O)C5(C)CC5)C[C@H]4C=CCC[C@@H](C)C[C@@H](C)[C@H](NC(=O)C(=O)N(C)C)C(=O)N3C2)c2ccccc2c1=O. The van der Waals surface area contributed by atoms with E-state index in [1.54, 1.807) is 38.1 Å². The molecule has 0 bridgehead atoms. The highest BCUT2D eigenvalue weighted by Crippen LogP contribution is 2.47. The number of benzene rings is 1. The first-order valence-corrected chi connectivity index (χ1v) is 20.4. The lowest BCUT2D eigenvalue weighted by atomic mass is 9.87. The smallest absolute Gasteiger partial charge is 0.311 e. The van der Waals surface area contributed by atoms with Gasteiger partial charge in [-0.25, -0.2) is 13.1 Å². The summed E-state index contributed by atoms with van der Waals surface area (Å²) >= 11 is 0. The lowest BCUT2D eigenvalue weighted by Gasteiger charge is -2.33. The number of aromatic nitrogens is 2. The van der Waals surface area contributed by atoms with Crippen LogP contribution in [0.25, 0.3) is 10.8 Å². The van der Waals surface area contributed by atoms with Crippen molar-refractivity contribution >= 4 is 50.3 Å². The second-order valence-corrected chi connectivity index (χ2v) is 18.3. The van der Waals surface area contributed by atoms with Crippen LogP contribution < -0.4 is 25.7 Å². The highest BCUT2D eigenvalue weighted by atomic mass is 32.2. The number of ether oxygens (including phenoxy) is 1. The average Bonchev–Trinajstić information content (AvgIpc) is 4.02. The Balaban J connectivity index is 1.38. The summed E-state index contributed by atoms with van der Waals surface area (Å²) in [6.45, 7) is 7.29. The van der Waals surface area contributed by atoms with Crippen LogP contribution in [0, 0.1) is 17.8 Å². The van der Waals surface area contributed by atoms with Gasteiger partial charge in [0.15, 0.2) is 0 Å². The number of nitrogens with zero attached hydrogens (tertiary/aromatic N) is 4. The Morgan fingerprint density at radius 1 is 1.07 bits per heavy atom. The van der Waals surface area contributed by atoms with E-state index in [9.17, 15) is 37.2 Å². The molecule has 7 atom stereocenters. The van der Waals surface area contributed by atoms with Crippen LogP contribution in [0.1, 0.15) is 72.6 Å². The molecule has 4 aliphatic rings. The van der Waals surface area contributed by atoms with E-state index < -0.39 is 79.9 Å². The molecule has 5 amide bonds. The first-order chi connectivity index (χ1) is 25.9. The molecule has 2 saturated carbocycles. The maximum absolute atomic E-state index is 14.7. The monoisotopic (exact) mass is 781 g/mol. The van der Waals surface area contributed by atoms with Gasteiger partial charge in [0.05, 0.1) is 22.1 Å². The van der Waals surface area contributed by atoms with Crippen molar-refractivity contribution < 1.29 is 37.1 Å². The summed E-state index contributed by atoms with van der Waals surface area (Å²) in [5.41, 5.74) is -1.89. The Labute approximate surface area is 320 Å². The number of sulfonamides is 1. The van der Waals surface area contributed by atoms with Crippen molar-refractivity contribution in [3.8, 4) is 5.88 Å². The van der Waals surface area contributed by atoms with Crippen LogP contribution >= 0.6 is 0 Å². The summed E-state index contributed by atoms with van der Waals surface area (Å²) in [7, 11) is -1.18. The minimum Gasteiger partial charge on any atom is -0.471 e. The number of hydrogen-bond donors (Lipinski definition) is 3. The number of aryl methyl sites for hydroxylation is 1. The van der Waals surface area contributed by atoms with Crippen LogP contribution in [-0.4, -0.2) is 107 Å². The lowest BCUT2D eigenvalue weighted by molar-refractivity contribution is -0.148. The van der Waals surface area contributed by atoms with E-state index in [1.165, 1.54) is 23.7 Å². The molecule has 1 aromatic heterocycles. The Morgan fingerprint density at radius 3 is 2.42 bits per heavy atom. The molecule has 3 fully saturated rings. The van der Waals surface area contributed by atoms with Gasteiger partial charge in [-0.2, -0.15) is 0 Å². The van der Waals surface area contributed by atoms with E-state index in [2.05, 4.69) is 20.5 Å². The van der Waals surface area contributed by atoms with E-state index in [1.807, 2.05) is 26.0 Å². The van der Waals surface area contributed by atoms with Crippen LogP contribution in [0.15, 0.2) is 41.2 Å². The van der Waals surface area contributed by atoms with Gasteiger partial charge in [0, 0.05) is 33.0 Å². The zero-order valence-electron chi connectivity index (χ0n) is 32.2. The van der Waals surface area contributed by atoms with E-state index in [0.717, 1.165) is 4.90 Å². The second-order valence-electron chi connectivity index (χ2n) is 16.1. The molecule has 6 rings (SSSR count). The Bertz CT molecular complexity index is 2100. The minimum atomic E-state index is -4.03. The van der Waals surface area contributed by atoms with Gasteiger partial charge in [0.25, 0.3) is 11.5 Å². The predicted molar refractivity (Wildman–Crippen MR) is 202 cm³/mol. The van der Waals surface area contributed by atoms with Crippen molar-refractivity contribution in [2.45, 2.75) is 108 Å². The van der Waals surface area contributed by atoms with E-state index >= 15 is 0 Å². The van der Waals surface area contributed by atoms with Crippen molar-refractivity contribution in [1.29, 1.82) is 0 Å². The molecular weight excluding hydrogens is 731 g/mol. The Hall–Kier alpha value is -4.80. The summed E-state index contributed by atoms with van der Waals surface area (Å²) < 4.78 is 35.2. The molecule has 16 nitrogen and oxygen atoms in total. The quantitative estimate of drug-likeness (QED) is 0.271. The first-order valence-electron chi connectivity index (χ1n) is 19.0. The molecule has 0 radical (unpaired) electrons. The summed E-state index contributed by atoms with van der Waals surface area (Å²) in [4.78, 5) is 84.4. The number of amides is 5. The van der Waals surface area contributed by atoms with E-state index in [4.69, 9.17) is 4.74 Å². The number of likely N-dealkylation sites (N-methyl/N-ethyl adjacent to an activating group) is 1. The van der Waals surface area contributed by atoms with Crippen LogP contribution in [0.2, 0.25) is 0 Å². The molecule has 55 heavy (non-hydrogen) atoms. The molecule has 2 aromatic rings. The first kappa shape index (κ1) is 39.9. The number of allylic oxidation sites excluding steroid dienone is 1. The number of carbonyl (C=O) groups excluding carboxylic acids is 5. The van der Waals surface area contributed by atoms with Crippen LogP contribution in [0.3, 0.4) is 0 Å². The van der Waals surface area contributed by atoms with Gasteiger partial charge >= 0.3 is 11.8 Å². The summed E-state index contributed by atoms with van der Waals surface area (Å²) in [6, 6.07) is 4.38. The minimum absolute atomic E-state index is 0.0600. The van der Waals surface area contributed by atoms with E-state index in [0.29, 0.717) is 42.9 Å². The topological polar surface area (TPSA) is 206 Å². The zero-order chi connectivity index (χ0) is 40.0. The Morgan fingerprint density at radius 2 is 1.76 bits per heavy atom. The molecular formula is C38H51N7O9S. The van der Waals surface area contributed by atoms with Crippen LogP contribution in [0.5, 0.6) is 5.88 Å². The van der Waals surface area contributed by atoms with E-state index in [-0.39, 0.29) is 43.3 Å². The van der Waals surface area contributed by atoms with Gasteiger partial charge in [-0.05, 0) is 76.3 Å². The van der Waals surface area contributed by atoms with Crippen LogP contribution in [0.4, 0.5) is 0 Å². The molecule has 2 aliphatic heterocycles. The number of hydrogen-bond acceptors (Lipinski definition) is 10. The summed E-state index contributed by atoms with van der Waals surface area (Å²) in [5.74, 6) is -4.74. The maximum atomic E-state index is 14.7. The third-order valence-corrected chi connectivity index (χ3v) is 13.7. The Kier molecular flexibility index (Phi) is 10.9. The molecule has 1 aromatic carbocycles. The predicted octanol–water partition coefficient (Wildman–Crippen LogP) is 1.22. The van der Waals surface area contributed by atoms with Crippen molar-refractivity contribution in [2.75, 3.05) is 20.6 Å². The number of rotatable bonds is 7.